The Balaban J connectivity index is 1.64. The second kappa shape index (κ2) is 10.6. The van der Waals surface area contributed by atoms with Crippen LogP contribution in [-0.2, 0) is 24.7 Å². The minimum absolute atomic E-state index is 0.357. The van der Waals surface area contributed by atoms with Gasteiger partial charge < -0.3 is 18.9 Å². The highest BCUT2D eigenvalue weighted by Crippen LogP contribution is 2.31. The molecule has 0 aliphatic carbocycles. The van der Waals surface area contributed by atoms with Crippen molar-refractivity contribution >= 4 is 45.9 Å². The van der Waals surface area contributed by atoms with Gasteiger partial charge in [0, 0.05) is 20.3 Å². The number of ether oxygens (including phenoxy) is 2. The summed E-state index contributed by atoms with van der Waals surface area (Å²) in [7, 11) is 3.80. The first-order valence-electron chi connectivity index (χ1n) is 10.2. The van der Waals surface area contributed by atoms with E-state index in [9.17, 15) is 0 Å². The van der Waals surface area contributed by atoms with Gasteiger partial charge in [-0.1, -0.05) is 60.7 Å². The summed E-state index contributed by atoms with van der Waals surface area (Å²) in [5.74, 6) is 0.839. The van der Waals surface area contributed by atoms with Crippen LogP contribution in [-0.4, -0.2) is 39.9 Å². The van der Waals surface area contributed by atoms with E-state index in [1.54, 1.807) is 6.34 Å². The molecule has 0 saturated heterocycles. The summed E-state index contributed by atoms with van der Waals surface area (Å²) < 4.78 is 15.1. The Morgan fingerprint density at radius 3 is 2.28 bits per heavy atom. The van der Waals surface area contributed by atoms with Gasteiger partial charge in [-0.25, -0.2) is 9.98 Å². The molecule has 0 aliphatic rings. The third kappa shape index (κ3) is 5.63. The molecule has 32 heavy (non-hydrogen) atoms. The summed E-state index contributed by atoms with van der Waals surface area (Å²) in [6.45, 7) is 1.28. The van der Waals surface area contributed by atoms with Gasteiger partial charge in [-0.3, -0.25) is 0 Å². The van der Waals surface area contributed by atoms with Crippen molar-refractivity contribution in [2.24, 2.45) is 4.99 Å². The summed E-state index contributed by atoms with van der Waals surface area (Å²) in [6, 6.07) is 20.1. The normalized spacial score (nSPS) is 11.3. The lowest BCUT2D eigenvalue weighted by Gasteiger charge is -2.11. The van der Waals surface area contributed by atoms with Crippen LogP contribution < -0.4 is 4.74 Å². The number of nitrogens with zero attached hydrogens (tertiary/aromatic N) is 5. The second-order valence-electron chi connectivity index (χ2n) is 7.42. The Bertz CT molecular complexity index is 1190. The summed E-state index contributed by atoms with van der Waals surface area (Å²) >= 11 is 2.27. The third-order valence-electron chi connectivity index (χ3n) is 4.59. The number of fused-ring (bicyclic) bond motifs is 1. The first-order chi connectivity index (χ1) is 15.6. The van der Waals surface area contributed by atoms with Crippen molar-refractivity contribution in [1.29, 1.82) is 0 Å². The van der Waals surface area contributed by atoms with Gasteiger partial charge in [0.2, 0.25) is 5.88 Å². The quantitative estimate of drug-likeness (QED) is 0.169. The van der Waals surface area contributed by atoms with Crippen LogP contribution in [0.1, 0.15) is 11.1 Å². The van der Waals surface area contributed by atoms with Gasteiger partial charge in [0.1, 0.15) is 24.4 Å². The molecule has 0 spiro atoms. The second-order valence-corrected chi connectivity index (χ2v) is 8.58. The lowest BCUT2D eigenvalue weighted by molar-refractivity contribution is 0.0663. The Morgan fingerprint density at radius 2 is 1.62 bits per heavy atom. The Hall–Kier alpha value is -2.98. The lowest BCUT2D eigenvalue weighted by Crippen LogP contribution is -2.08. The summed E-state index contributed by atoms with van der Waals surface area (Å²) in [6.07, 6.45) is 3.68. The number of aliphatic imine (C=N–C) groups is 1. The van der Waals surface area contributed by atoms with E-state index in [0.717, 1.165) is 25.7 Å². The van der Waals surface area contributed by atoms with Crippen molar-refractivity contribution < 1.29 is 9.47 Å². The molecule has 0 saturated carbocycles. The van der Waals surface area contributed by atoms with Crippen LogP contribution in [0.4, 0.5) is 5.95 Å². The molecular weight excluding hydrogens is 517 g/mol. The minimum atomic E-state index is 0.357. The molecule has 0 unspecified atom stereocenters. The molecule has 2 heterocycles. The maximum atomic E-state index is 6.15. The fourth-order valence-electron chi connectivity index (χ4n) is 3.10. The Morgan fingerprint density at radius 1 is 0.969 bits per heavy atom. The van der Waals surface area contributed by atoms with E-state index in [1.165, 1.54) is 0 Å². The zero-order valence-corrected chi connectivity index (χ0v) is 20.1. The predicted molar refractivity (Wildman–Crippen MR) is 134 cm³/mol. The van der Waals surface area contributed by atoms with Gasteiger partial charge in [0.25, 0.3) is 5.95 Å². The van der Waals surface area contributed by atoms with Crippen molar-refractivity contribution in [3.63, 3.8) is 0 Å². The van der Waals surface area contributed by atoms with E-state index in [4.69, 9.17) is 9.47 Å². The van der Waals surface area contributed by atoms with Crippen LogP contribution in [0.3, 0.4) is 0 Å². The van der Waals surface area contributed by atoms with Gasteiger partial charge in [-0.15, -0.1) is 0 Å². The first kappa shape index (κ1) is 22.2. The van der Waals surface area contributed by atoms with E-state index >= 15 is 0 Å². The van der Waals surface area contributed by atoms with Gasteiger partial charge in [-0.2, -0.15) is 4.98 Å². The number of rotatable bonds is 9. The maximum Gasteiger partial charge on any atom is 0.254 e. The fourth-order valence-corrected chi connectivity index (χ4v) is 3.81. The Kier molecular flexibility index (Phi) is 7.33. The highest BCUT2D eigenvalue weighted by molar-refractivity contribution is 14.1. The fraction of sp³-hybridized carbons (Fsp3) is 0.208. The average Bonchev–Trinajstić information content (AvgIpc) is 3.13. The maximum absolute atomic E-state index is 6.15. The molecule has 0 aliphatic heterocycles. The molecule has 7 nitrogen and oxygen atoms in total. The zero-order valence-electron chi connectivity index (χ0n) is 18.0. The largest absolute Gasteiger partial charge is 0.471 e. The van der Waals surface area contributed by atoms with Crippen LogP contribution in [0.5, 0.6) is 5.88 Å². The number of halogens is 1. The topological polar surface area (TPSA) is 64.8 Å². The molecular formula is C24H24IN5O2. The van der Waals surface area contributed by atoms with Gasteiger partial charge in [0.15, 0.2) is 0 Å². The number of hydrogen-bond donors (Lipinski definition) is 0. The van der Waals surface area contributed by atoms with Crippen LogP contribution >= 0.6 is 22.6 Å². The van der Waals surface area contributed by atoms with E-state index in [0.29, 0.717) is 31.8 Å². The number of hydrogen-bond acceptors (Lipinski definition) is 5. The van der Waals surface area contributed by atoms with E-state index in [2.05, 4.69) is 37.6 Å². The number of aromatic nitrogens is 3. The van der Waals surface area contributed by atoms with Crippen LogP contribution in [0.15, 0.2) is 71.9 Å². The molecule has 4 aromatic rings. The highest BCUT2D eigenvalue weighted by Gasteiger charge is 2.17. The first-order valence-corrected chi connectivity index (χ1v) is 11.2. The van der Waals surface area contributed by atoms with Crippen LogP contribution in [0, 0.1) is 3.57 Å². The Labute approximate surface area is 200 Å². The molecule has 2 aromatic carbocycles. The van der Waals surface area contributed by atoms with Crippen molar-refractivity contribution in [2.45, 2.75) is 19.9 Å². The highest BCUT2D eigenvalue weighted by atomic mass is 127. The van der Waals surface area contributed by atoms with Gasteiger partial charge in [0.05, 0.1) is 16.5 Å². The molecule has 164 valence electrons. The van der Waals surface area contributed by atoms with Crippen LogP contribution in [0.25, 0.3) is 11.0 Å². The van der Waals surface area contributed by atoms with Crippen molar-refractivity contribution in [3.05, 3.63) is 81.6 Å². The zero-order chi connectivity index (χ0) is 22.3. The van der Waals surface area contributed by atoms with Gasteiger partial charge >= 0.3 is 0 Å². The minimum Gasteiger partial charge on any atom is -0.471 e. The van der Waals surface area contributed by atoms with Gasteiger partial charge in [-0.05, 0) is 33.7 Å². The molecule has 0 fully saturated rings. The van der Waals surface area contributed by atoms with Crippen molar-refractivity contribution in [3.8, 4) is 5.88 Å². The summed E-state index contributed by atoms with van der Waals surface area (Å²) in [5, 5.41) is 0. The van der Waals surface area contributed by atoms with Crippen molar-refractivity contribution in [1.82, 2.24) is 19.4 Å². The monoisotopic (exact) mass is 541 g/mol. The average molecular weight is 541 g/mol. The molecule has 8 heteroatoms. The molecule has 0 radical (unpaired) electrons. The number of benzene rings is 2. The van der Waals surface area contributed by atoms with E-state index < -0.39 is 0 Å². The predicted octanol–water partition coefficient (Wildman–Crippen LogP) is 5.01. The van der Waals surface area contributed by atoms with E-state index in [-0.39, 0.29) is 0 Å². The molecule has 0 amide bonds. The third-order valence-corrected chi connectivity index (χ3v) is 5.38. The molecule has 0 N–H and O–H groups in total. The van der Waals surface area contributed by atoms with E-state index in [1.807, 2.05) is 90.4 Å². The molecule has 0 bridgehead atoms. The summed E-state index contributed by atoms with van der Waals surface area (Å²) in [5.41, 5.74) is 3.77. The molecule has 2 aromatic heterocycles. The lowest BCUT2D eigenvalue weighted by atomic mass is 10.2. The van der Waals surface area contributed by atoms with Crippen molar-refractivity contribution in [2.75, 3.05) is 14.1 Å². The molecule has 0 atom stereocenters. The van der Waals surface area contributed by atoms with Crippen LogP contribution in [0.2, 0.25) is 0 Å². The molecule has 4 rings (SSSR count). The summed E-state index contributed by atoms with van der Waals surface area (Å²) in [4.78, 5) is 15.5. The SMILES string of the molecule is CN(C)/C=N/c1nc(OCc2ccccc2)c2c(n1)c(I)cn2COCc1ccccc1. The smallest absolute Gasteiger partial charge is 0.254 e. The standard InChI is InChI=1S/C24H24IN5O2/c1-29(2)16-26-24-27-21-20(25)13-30(17-31-14-18-9-5-3-6-10-18)22(21)23(28-24)32-15-19-11-7-4-8-12-19/h3-13,16H,14-15,17H2,1-2H3/b26-16+.